The predicted molar refractivity (Wildman–Crippen MR) is 64.0 cm³/mol. The zero-order chi connectivity index (χ0) is 13.1. The molecular formula is C12H13N3O3. The summed E-state index contributed by atoms with van der Waals surface area (Å²) in [5.41, 5.74) is 0.809. The Bertz CT molecular complexity index is 578. The minimum atomic E-state index is -0.210. The van der Waals surface area contributed by atoms with Crippen molar-refractivity contribution in [2.75, 3.05) is 14.2 Å². The maximum absolute atomic E-state index is 12.3. The lowest BCUT2D eigenvalue weighted by Crippen LogP contribution is -2.10. The Morgan fingerprint density at radius 2 is 2.06 bits per heavy atom. The van der Waals surface area contributed by atoms with Crippen molar-refractivity contribution in [2.24, 2.45) is 7.05 Å². The van der Waals surface area contributed by atoms with E-state index in [0.29, 0.717) is 22.8 Å². The Balaban J connectivity index is 2.52. The van der Waals surface area contributed by atoms with E-state index in [1.54, 1.807) is 25.2 Å². The highest BCUT2D eigenvalue weighted by Crippen LogP contribution is 2.31. The van der Waals surface area contributed by atoms with Crippen LogP contribution in [0.1, 0.15) is 16.1 Å². The summed E-state index contributed by atoms with van der Waals surface area (Å²) in [6.45, 7) is 0. The topological polar surface area (TPSA) is 66.2 Å². The second-order valence-corrected chi connectivity index (χ2v) is 3.61. The van der Waals surface area contributed by atoms with E-state index in [1.807, 2.05) is 0 Å². The fourth-order valence-corrected chi connectivity index (χ4v) is 1.70. The number of rotatable bonds is 4. The highest BCUT2D eigenvalue weighted by Gasteiger charge is 2.20. The molecule has 2 rings (SSSR count). The molecule has 94 valence electrons. The molecule has 0 saturated carbocycles. The summed E-state index contributed by atoms with van der Waals surface area (Å²) in [7, 11) is 4.68. The Morgan fingerprint density at radius 1 is 1.28 bits per heavy atom. The molecule has 0 aliphatic carbocycles. The highest BCUT2D eigenvalue weighted by molar-refractivity contribution is 6.09. The van der Waals surface area contributed by atoms with Crippen LogP contribution in [0.15, 0.2) is 24.4 Å². The molecule has 0 unspecified atom stereocenters. The van der Waals surface area contributed by atoms with Gasteiger partial charge in [0.2, 0.25) is 5.78 Å². The van der Waals surface area contributed by atoms with Gasteiger partial charge in [0.05, 0.1) is 26.0 Å². The van der Waals surface area contributed by atoms with Gasteiger partial charge in [-0.3, -0.25) is 4.79 Å². The van der Waals surface area contributed by atoms with Gasteiger partial charge in [0, 0.05) is 7.05 Å². The number of nitrogens with zero attached hydrogens (tertiary/aromatic N) is 3. The van der Waals surface area contributed by atoms with Crippen molar-refractivity contribution in [3.63, 3.8) is 0 Å². The van der Waals surface area contributed by atoms with E-state index in [4.69, 9.17) is 9.47 Å². The number of hydrogen-bond acceptors (Lipinski definition) is 5. The molecule has 0 amide bonds. The molecule has 1 aromatic carbocycles. The molecule has 0 bridgehead atoms. The number of ketones is 1. The zero-order valence-electron chi connectivity index (χ0n) is 10.4. The summed E-state index contributed by atoms with van der Waals surface area (Å²) < 4.78 is 11.8. The van der Waals surface area contributed by atoms with Gasteiger partial charge in [-0.25, -0.2) is 4.68 Å². The van der Waals surface area contributed by atoms with Crippen molar-refractivity contribution in [1.82, 2.24) is 15.0 Å². The number of hydrogen-bond donors (Lipinski definition) is 0. The van der Waals surface area contributed by atoms with Crippen molar-refractivity contribution >= 4 is 5.78 Å². The maximum atomic E-state index is 12.3. The summed E-state index contributed by atoms with van der Waals surface area (Å²) in [5.74, 6) is 0.711. The maximum Gasteiger partial charge on any atom is 0.216 e. The number of benzene rings is 1. The molecular weight excluding hydrogens is 234 g/mol. The van der Waals surface area contributed by atoms with E-state index >= 15 is 0 Å². The van der Waals surface area contributed by atoms with Crippen molar-refractivity contribution in [3.8, 4) is 11.5 Å². The van der Waals surface area contributed by atoms with Crippen LogP contribution in [0.4, 0.5) is 0 Å². The van der Waals surface area contributed by atoms with Crippen molar-refractivity contribution < 1.29 is 14.3 Å². The van der Waals surface area contributed by atoms with Gasteiger partial charge < -0.3 is 9.47 Å². The monoisotopic (exact) mass is 247 g/mol. The van der Waals surface area contributed by atoms with Crippen LogP contribution >= 0.6 is 0 Å². The highest BCUT2D eigenvalue weighted by atomic mass is 16.5. The normalized spacial score (nSPS) is 10.2. The first-order valence-corrected chi connectivity index (χ1v) is 5.29. The van der Waals surface area contributed by atoms with Crippen LogP contribution in [-0.2, 0) is 7.05 Å². The predicted octanol–water partition coefficient (Wildman–Crippen LogP) is 1.06. The second-order valence-electron chi connectivity index (χ2n) is 3.61. The second kappa shape index (κ2) is 4.87. The summed E-state index contributed by atoms with van der Waals surface area (Å²) in [6.07, 6.45) is 1.42. The number of ether oxygens (including phenoxy) is 2. The summed E-state index contributed by atoms with van der Waals surface area (Å²) in [5, 5.41) is 7.42. The van der Waals surface area contributed by atoms with Crippen LogP contribution in [-0.4, -0.2) is 35.0 Å². The van der Waals surface area contributed by atoms with Gasteiger partial charge in [-0.05, 0) is 12.1 Å². The molecule has 2 aromatic rings. The van der Waals surface area contributed by atoms with Crippen LogP contribution in [0.5, 0.6) is 11.5 Å². The summed E-state index contributed by atoms with van der Waals surface area (Å²) >= 11 is 0. The van der Waals surface area contributed by atoms with E-state index in [0.717, 1.165) is 0 Å². The number of para-hydroxylation sites is 1. The number of carbonyl (C=O) groups is 1. The number of aromatic nitrogens is 3. The fourth-order valence-electron chi connectivity index (χ4n) is 1.70. The van der Waals surface area contributed by atoms with Gasteiger partial charge in [0.15, 0.2) is 11.5 Å². The number of aryl methyl sites for hydroxylation is 1. The van der Waals surface area contributed by atoms with Gasteiger partial charge in [-0.1, -0.05) is 11.3 Å². The molecule has 18 heavy (non-hydrogen) atoms. The van der Waals surface area contributed by atoms with E-state index in [-0.39, 0.29) is 5.78 Å². The molecule has 0 aliphatic heterocycles. The molecule has 0 radical (unpaired) electrons. The van der Waals surface area contributed by atoms with Crippen LogP contribution < -0.4 is 9.47 Å². The van der Waals surface area contributed by atoms with Gasteiger partial charge in [0.25, 0.3) is 0 Å². The van der Waals surface area contributed by atoms with E-state index < -0.39 is 0 Å². The average Bonchev–Trinajstić information content (AvgIpc) is 2.83. The number of methoxy groups -OCH3 is 2. The molecule has 6 heteroatoms. The third-order valence-electron chi connectivity index (χ3n) is 2.59. The van der Waals surface area contributed by atoms with E-state index in [9.17, 15) is 4.79 Å². The molecule has 0 N–H and O–H groups in total. The van der Waals surface area contributed by atoms with Crippen LogP contribution in [0, 0.1) is 0 Å². The molecule has 1 heterocycles. The minimum Gasteiger partial charge on any atom is -0.493 e. The van der Waals surface area contributed by atoms with Crippen LogP contribution in [0.25, 0.3) is 0 Å². The zero-order valence-corrected chi connectivity index (χ0v) is 10.4. The lowest BCUT2D eigenvalue weighted by molar-refractivity contribution is 0.102. The van der Waals surface area contributed by atoms with Crippen LogP contribution in [0.2, 0.25) is 0 Å². The third-order valence-corrected chi connectivity index (χ3v) is 2.59. The third kappa shape index (κ3) is 1.92. The fraction of sp³-hybridized carbons (Fsp3) is 0.250. The van der Waals surface area contributed by atoms with Crippen molar-refractivity contribution in [1.29, 1.82) is 0 Å². The number of carbonyl (C=O) groups excluding carboxylic acids is 1. The summed E-state index contributed by atoms with van der Waals surface area (Å²) in [4.78, 5) is 12.3. The molecule has 0 spiro atoms. The first kappa shape index (κ1) is 12.1. The Labute approximate surface area is 104 Å². The molecule has 0 saturated heterocycles. The molecule has 0 atom stereocenters. The van der Waals surface area contributed by atoms with Crippen molar-refractivity contribution in [3.05, 3.63) is 35.7 Å². The van der Waals surface area contributed by atoms with Gasteiger partial charge in [0.1, 0.15) is 5.69 Å². The van der Waals surface area contributed by atoms with E-state index in [1.165, 1.54) is 25.1 Å². The lowest BCUT2D eigenvalue weighted by atomic mass is 10.1. The molecule has 1 aromatic heterocycles. The standard InChI is InChI=1S/C12H13N3O3/c1-15-9(7-13-14-15)11(16)8-5-4-6-10(17-2)12(8)18-3/h4-7H,1-3H3. The van der Waals surface area contributed by atoms with Gasteiger partial charge >= 0.3 is 0 Å². The van der Waals surface area contributed by atoms with Crippen LogP contribution in [0.3, 0.4) is 0 Å². The minimum absolute atomic E-state index is 0.210. The first-order valence-electron chi connectivity index (χ1n) is 5.29. The summed E-state index contributed by atoms with van der Waals surface area (Å²) in [6, 6.07) is 5.15. The molecule has 0 aliphatic rings. The quantitative estimate of drug-likeness (QED) is 0.756. The largest absolute Gasteiger partial charge is 0.493 e. The average molecular weight is 247 g/mol. The molecule has 6 nitrogen and oxygen atoms in total. The van der Waals surface area contributed by atoms with Crippen molar-refractivity contribution in [2.45, 2.75) is 0 Å². The SMILES string of the molecule is COc1cccc(C(=O)c2cnnn2C)c1OC. The Morgan fingerprint density at radius 3 is 2.61 bits per heavy atom. The van der Waals surface area contributed by atoms with Gasteiger partial charge in [-0.2, -0.15) is 0 Å². The Kier molecular flexibility index (Phi) is 3.27. The Hall–Kier alpha value is -2.37. The van der Waals surface area contributed by atoms with E-state index in [2.05, 4.69) is 10.3 Å². The first-order chi connectivity index (χ1) is 8.69. The lowest BCUT2D eigenvalue weighted by Gasteiger charge is -2.11. The molecule has 0 fully saturated rings. The van der Waals surface area contributed by atoms with Gasteiger partial charge in [-0.15, -0.1) is 5.10 Å². The smallest absolute Gasteiger partial charge is 0.216 e.